The number of anilines is 1. The van der Waals surface area contributed by atoms with Gasteiger partial charge >= 0.3 is 6.03 Å². The number of hydrogen-bond acceptors (Lipinski definition) is 1. The highest BCUT2D eigenvalue weighted by atomic mass is 35.5. The second kappa shape index (κ2) is 4.93. The number of halogens is 2. The van der Waals surface area contributed by atoms with Crippen LogP contribution in [0, 0.1) is 0 Å². The summed E-state index contributed by atoms with van der Waals surface area (Å²) in [5.74, 6) is 0. The fourth-order valence-corrected chi connectivity index (χ4v) is 1.42. The molecule has 5 heteroatoms. The third-order valence-electron chi connectivity index (χ3n) is 1.67. The number of urea groups is 1. The van der Waals surface area contributed by atoms with E-state index in [9.17, 15) is 4.79 Å². The molecule has 2 amide bonds. The van der Waals surface area contributed by atoms with Crippen molar-refractivity contribution in [3.63, 3.8) is 0 Å². The Kier molecular flexibility index (Phi) is 4.05. The van der Waals surface area contributed by atoms with Gasteiger partial charge < -0.3 is 10.6 Å². The van der Waals surface area contributed by atoms with Crippen molar-refractivity contribution in [2.24, 2.45) is 0 Å². The van der Waals surface area contributed by atoms with E-state index in [1.807, 2.05) is 20.8 Å². The Morgan fingerprint density at radius 3 is 2.44 bits per heavy atom. The average molecular weight is 261 g/mol. The standard InChI is InChI=1S/C11H14Cl2N2O/c1-11(2,3)15-10(16)14-9-6-7(12)4-5-8(9)13/h4-6H,1-3H3,(H2,14,15,16). The van der Waals surface area contributed by atoms with E-state index >= 15 is 0 Å². The molecule has 0 aliphatic carbocycles. The van der Waals surface area contributed by atoms with Crippen LogP contribution in [0.1, 0.15) is 20.8 Å². The number of carbonyl (C=O) groups is 1. The molecule has 0 atom stereocenters. The van der Waals surface area contributed by atoms with Gasteiger partial charge in [0.25, 0.3) is 0 Å². The van der Waals surface area contributed by atoms with E-state index in [0.29, 0.717) is 15.7 Å². The normalized spacial score (nSPS) is 11.1. The van der Waals surface area contributed by atoms with Gasteiger partial charge in [0.15, 0.2) is 0 Å². The maximum Gasteiger partial charge on any atom is 0.319 e. The van der Waals surface area contributed by atoms with E-state index in [1.54, 1.807) is 18.2 Å². The van der Waals surface area contributed by atoms with Crippen molar-refractivity contribution in [3.05, 3.63) is 28.2 Å². The van der Waals surface area contributed by atoms with E-state index in [-0.39, 0.29) is 11.6 Å². The fourth-order valence-electron chi connectivity index (χ4n) is 1.09. The SMILES string of the molecule is CC(C)(C)NC(=O)Nc1cc(Cl)ccc1Cl. The zero-order valence-electron chi connectivity index (χ0n) is 9.40. The first-order chi connectivity index (χ1) is 7.28. The third kappa shape index (κ3) is 4.29. The monoisotopic (exact) mass is 260 g/mol. The van der Waals surface area contributed by atoms with Crippen molar-refractivity contribution in [3.8, 4) is 0 Å². The topological polar surface area (TPSA) is 41.1 Å². The van der Waals surface area contributed by atoms with Crippen LogP contribution in [0.4, 0.5) is 10.5 Å². The number of amides is 2. The van der Waals surface area contributed by atoms with E-state index in [0.717, 1.165) is 0 Å². The molecular weight excluding hydrogens is 247 g/mol. The molecule has 0 aromatic heterocycles. The Balaban J connectivity index is 2.73. The van der Waals surface area contributed by atoms with Crippen LogP contribution in [-0.4, -0.2) is 11.6 Å². The van der Waals surface area contributed by atoms with E-state index in [1.165, 1.54) is 0 Å². The summed E-state index contributed by atoms with van der Waals surface area (Å²) < 4.78 is 0. The Morgan fingerprint density at radius 2 is 1.88 bits per heavy atom. The molecule has 16 heavy (non-hydrogen) atoms. The summed E-state index contributed by atoms with van der Waals surface area (Å²) in [4.78, 5) is 11.6. The molecule has 88 valence electrons. The van der Waals surface area contributed by atoms with Crippen molar-refractivity contribution >= 4 is 34.9 Å². The van der Waals surface area contributed by atoms with Crippen molar-refractivity contribution in [1.82, 2.24) is 5.32 Å². The molecule has 1 aromatic rings. The van der Waals surface area contributed by atoms with Crippen molar-refractivity contribution < 1.29 is 4.79 Å². The lowest BCUT2D eigenvalue weighted by Gasteiger charge is -2.21. The van der Waals surface area contributed by atoms with Gasteiger partial charge in [-0.15, -0.1) is 0 Å². The summed E-state index contributed by atoms with van der Waals surface area (Å²) in [5.41, 5.74) is 0.200. The quantitative estimate of drug-likeness (QED) is 0.790. The lowest BCUT2D eigenvalue weighted by atomic mass is 10.1. The molecule has 0 heterocycles. The maximum absolute atomic E-state index is 11.6. The summed E-state index contributed by atoms with van der Waals surface area (Å²) in [7, 11) is 0. The van der Waals surface area contributed by atoms with Crippen molar-refractivity contribution in [2.75, 3.05) is 5.32 Å². The average Bonchev–Trinajstić information content (AvgIpc) is 2.08. The van der Waals surface area contributed by atoms with Crippen LogP contribution < -0.4 is 10.6 Å². The van der Waals surface area contributed by atoms with Gasteiger partial charge in [0.1, 0.15) is 0 Å². The van der Waals surface area contributed by atoms with Gasteiger partial charge in [-0.25, -0.2) is 4.79 Å². The summed E-state index contributed by atoms with van der Waals surface area (Å²) in [6.45, 7) is 5.68. The van der Waals surface area contributed by atoms with Crippen LogP contribution >= 0.6 is 23.2 Å². The number of benzene rings is 1. The van der Waals surface area contributed by atoms with Gasteiger partial charge in [-0.05, 0) is 39.0 Å². The van der Waals surface area contributed by atoms with Crippen LogP contribution in [0.2, 0.25) is 10.0 Å². The molecule has 1 rings (SSSR count). The van der Waals surface area contributed by atoms with Gasteiger partial charge in [0.05, 0.1) is 10.7 Å². The number of hydrogen-bond donors (Lipinski definition) is 2. The Morgan fingerprint density at radius 1 is 1.25 bits per heavy atom. The predicted molar refractivity (Wildman–Crippen MR) is 68.4 cm³/mol. The van der Waals surface area contributed by atoms with Crippen LogP contribution in [-0.2, 0) is 0 Å². The maximum atomic E-state index is 11.6. The highest BCUT2D eigenvalue weighted by molar-refractivity contribution is 6.35. The first kappa shape index (κ1) is 13.1. The third-order valence-corrected chi connectivity index (χ3v) is 2.23. The minimum absolute atomic E-state index is 0.296. The van der Waals surface area contributed by atoms with Gasteiger partial charge in [-0.3, -0.25) is 0 Å². The molecule has 0 spiro atoms. The predicted octanol–water partition coefficient (Wildman–Crippen LogP) is 3.91. The van der Waals surface area contributed by atoms with Crippen LogP contribution in [0.3, 0.4) is 0 Å². The zero-order valence-corrected chi connectivity index (χ0v) is 10.9. The van der Waals surface area contributed by atoms with Crippen LogP contribution in [0.25, 0.3) is 0 Å². The van der Waals surface area contributed by atoms with Gasteiger partial charge in [-0.2, -0.15) is 0 Å². The molecule has 1 aromatic carbocycles. The van der Waals surface area contributed by atoms with Gasteiger partial charge in [-0.1, -0.05) is 23.2 Å². The molecule has 2 N–H and O–H groups in total. The van der Waals surface area contributed by atoms with Crippen LogP contribution in [0.15, 0.2) is 18.2 Å². The number of nitrogens with one attached hydrogen (secondary N) is 2. The molecule has 0 saturated heterocycles. The highest BCUT2D eigenvalue weighted by Gasteiger charge is 2.14. The van der Waals surface area contributed by atoms with Gasteiger partial charge in [0, 0.05) is 10.6 Å². The lowest BCUT2D eigenvalue weighted by Crippen LogP contribution is -2.43. The highest BCUT2D eigenvalue weighted by Crippen LogP contribution is 2.25. The van der Waals surface area contributed by atoms with Crippen LogP contribution in [0.5, 0.6) is 0 Å². The first-order valence-electron chi connectivity index (χ1n) is 4.82. The lowest BCUT2D eigenvalue weighted by molar-refractivity contribution is 0.244. The largest absolute Gasteiger partial charge is 0.333 e. The molecule has 0 bridgehead atoms. The van der Waals surface area contributed by atoms with Gasteiger partial charge in [0.2, 0.25) is 0 Å². The summed E-state index contributed by atoms with van der Waals surface area (Å²) in [6, 6.07) is 4.59. The zero-order chi connectivity index (χ0) is 12.3. The van der Waals surface area contributed by atoms with Crippen molar-refractivity contribution in [1.29, 1.82) is 0 Å². The summed E-state index contributed by atoms with van der Waals surface area (Å²) in [6.07, 6.45) is 0. The Labute approximate surface area is 105 Å². The smallest absolute Gasteiger partial charge is 0.319 e. The molecule has 0 radical (unpaired) electrons. The Bertz CT molecular complexity index is 399. The second-order valence-electron chi connectivity index (χ2n) is 4.45. The minimum Gasteiger partial charge on any atom is -0.333 e. The number of carbonyl (C=O) groups excluding carboxylic acids is 1. The van der Waals surface area contributed by atoms with E-state index in [4.69, 9.17) is 23.2 Å². The van der Waals surface area contributed by atoms with E-state index < -0.39 is 0 Å². The molecule has 0 unspecified atom stereocenters. The minimum atomic E-state index is -0.309. The summed E-state index contributed by atoms with van der Waals surface area (Å²) in [5, 5.41) is 6.38. The second-order valence-corrected chi connectivity index (χ2v) is 5.30. The first-order valence-corrected chi connectivity index (χ1v) is 5.58. The molecule has 3 nitrogen and oxygen atoms in total. The molecule has 0 fully saturated rings. The summed E-state index contributed by atoms with van der Waals surface area (Å²) >= 11 is 11.7. The molecule has 0 aliphatic heterocycles. The molecule has 0 aliphatic rings. The van der Waals surface area contributed by atoms with E-state index in [2.05, 4.69) is 10.6 Å². The fraction of sp³-hybridized carbons (Fsp3) is 0.364. The molecular formula is C11H14Cl2N2O. The molecule has 0 saturated carbocycles. The van der Waals surface area contributed by atoms with Crippen molar-refractivity contribution in [2.45, 2.75) is 26.3 Å². The Hall–Kier alpha value is -0.930. The number of rotatable bonds is 1.